The van der Waals surface area contributed by atoms with Gasteiger partial charge in [-0.1, -0.05) is 31.2 Å². The van der Waals surface area contributed by atoms with Crippen molar-refractivity contribution in [2.75, 3.05) is 20.6 Å². The second-order valence-corrected chi connectivity index (χ2v) is 7.47. The average molecular weight is 412 g/mol. The zero-order valence-corrected chi connectivity index (χ0v) is 17.6. The summed E-state index contributed by atoms with van der Waals surface area (Å²) in [5.41, 5.74) is 2.85. The lowest BCUT2D eigenvalue weighted by Gasteiger charge is -2.25. The molecule has 158 valence electrons. The Morgan fingerprint density at radius 3 is 2.47 bits per heavy atom. The minimum absolute atomic E-state index is 0.0254. The van der Waals surface area contributed by atoms with E-state index in [1.807, 2.05) is 19.0 Å². The van der Waals surface area contributed by atoms with Gasteiger partial charge in [0, 0.05) is 31.4 Å². The number of benzene rings is 2. The highest BCUT2D eigenvalue weighted by molar-refractivity contribution is 5.99. The van der Waals surface area contributed by atoms with Crippen LogP contribution >= 0.6 is 0 Å². The fraction of sp³-hybridized carbons (Fsp3) is 0.304. The molecule has 1 atom stereocenters. The lowest BCUT2D eigenvalue weighted by Crippen LogP contribution is -2.34. The van der Waals surface area contributed by atoms with Crippen LogP contribution in [-0.4, -0.2) is 41.2 Å². The predicted octanol–water partition coefficient (Wildman–Crippen LogP) is 3.96. The predicted molar refractivity (Wildman–Crippen MR) is 113 cm³/mol. The van der Waals surface area contributed by atoms with Crippen LogP contribution in [0.1, 0.15) is 34.5 Å². The topological polar surface area (TPSA) is 50.2 Å². The van der Waals surface area contributed by atoms with Crippen LogP contribution in [-0.2, 0) is 13.5 Å². The average Bonchev–Trinajstić information content (AvgIpc) is 3.09. The zero-order chi connectivity index (χ0) is 21.8. The van der Waals surface area contributed by atoms with Gasteiger partial charge in [0.05, 0.1) is 11.6 Å². The molecular weight excluding hydrogens is 386 g/mol. The normalized spacial score (nSPS) is 12.2. The first kappa shape index (κ1) is 21.6. The molecule has 7 heteroatoms. The van der Waals surface area contributed by atoms with Gasteiger partial charge in [0.15, 0.2) is 0 Å². The van der Waals surface area contributed by atoms with Gasteiger partial charge >= 0.3 is 0 Å². The Morgan fingerprint density at radius 1 is 1.17 bits per heavy atom. The Bertz CT molecular complexity index is 1030. The fourth-order valence-electron chi connectivity index (χ4n) is 3.39. The molecule has 1 N–H and O–H groups in total. The molecule has 5 nitrogen and oxygen atoms in total. The molecule has 0 aliphatic rings. The highest BCUT2D eigenvalue weighted by Crippen LogP contribution is 2.26. The van der Waals surface area contributed by atoms with Gasteiger partial charge in [-0.2, -0.15) is 5.10 Å². The van der Waals surface area contributed by atoms with Crippen molar-refractivity contribution in [1.82, 2.24) is 20.0 Å². The number of nitrogens with one attached hydrogen (secondary N) is 1. The number of halogens is 2. The van der Waals surface area contributed by atoms with Gasteiger partial charge in [0.2, 0.25) is 0 Å². The van der Waals surface area contributed by atoms with Crippen LogP contribution in [0.2, 0.25) is 0 Å². The Hall–Kier alpha value is -3.06. The first-order chi connectivity index (χ1) is 14.3. The number of likely N-dealkylation sites (N-methyl/N-ethyl adjacent to an activating group) is 1. The second kappa shape index (κ2) is 9.17. The third kappa shape index (κ3) is 4.74. The van der Waals surface area contributed by atoms with Crippen LogP contribution in [0.25, 0.3) is 11.3 Å². The number of rotatable bonds is 7. The number of aromatic nitrogens is 2. The summed E-state index contributed by atoms with van der Waals surface area (Å²) >= 11 is 0. The third-order valence-electron chi connectivity index (χ3n) is 5.11. The van der Waals surface area contributed by atoms with Crippen molar-refractivity contribution >= 4 is 5.91 Å². The summed E-state index contributed by atoms with van der Waals surface area (Å²) in [6.45, 7) is 2.48. The van der Waals surface area contributed by atoms with Crippen LogP contribution in [0.15, 0.2) is 48.7 Å². The van der Waals surface area contributed by atoms with Crippen molar-refractivity contribution in [3.05, 3.63) is 77.0 Å². The molecule has 0 aliphatic carbocycles. The summed E-state index contributed by atoms with van der Waals surface area (Å²) in [5, 5.41) is 7.15. The molecular formula is C23H26F2N4O. The first-order valence-electron chi connectivity index (χ1n) is 9.82. The van der Waals surface area contributed by atoms with Crippen LogP contribution < -0.4 is 5.32 Å². The molecule has 0 bridgehead atoms. The molecule has 0 aliphatic heterocycles. The molecule has 1 amide bonds. The van der Waals surface area contributed by atoms with E-state index >= 15 is 0 Å². The molecule has 0 fully saturated rings. The van der Waals surface area contributed by atoms with Gasteiger partial charge in [-0.25, -0.2) is 8.78 Å². The van der Waals surface area contributed by atoms with Gasteiger partial charge in [-0.3, -0.25) is 9.48 Å². The SMILES string of the molecule is CCc1ccc(C(CNC(=O)c2cn(C)nc2-c2ccc(F)cc2F)N(C)C)cc1. The molecule has 0 saturated carbocycles. The van der Waals surface area contributed by atoms with Crippen LogP contribution in [0, 0.1) is 11.6 Å². The van der Waals surface area contributed by atoms with E-state index in [1.54, 1.807) is 7.05 Å². The molecule has 1 aromatic heterocycles. The smallest absolute Gasteiger partial charge is 0.255 e. The van der Waals surface area contributed by atoms with Crippen LogP contribution in [0.5, 0.6) is 0 Å². The number of amides is 1. The van der Waals surface area contributed by atoms with Crippen molar-refractivity contribution < 1.29 is 13.6 Å². The minimum atomic E-state index is -0.759. The van der Waals surface area contributed by atoms with E-state index in [9.17, 15) is 13.6 Å². The summed E-state index contributed by atoms with van der Waals surface area (Å²) in [5.74, 6) is -1.80. The van der Waals surface area contributed by atoms with Gasteiger partial charge in [0.1, 0.15) is 17.3 Å². The van der Waals surface area contributed by atoms with E-state index in [0.29, 0.717) is 6.54 Å². The van der Waals surface area contributed by atoms with Gasteiger partial charge in [-0.15, -0.1) is 0 Å². The van der Waals surface area contributed by atoms with Crippen molar-refractivity contribution in [2.24, 2.45) is 7.05 Å². The van der Waals surface area contributed by atoms with Gasteiger partial charge < -0.3 is 10.2 Å². The van der Waals surface area contributed by atoms with E-state index in [-0.39, 0.29) is 28.8 Å². The maximum Gasteiger partial charge on any atom is 0.255 e. The number of hydrogen-bond donors (Lipinski definition) is 1. The second-order valence-electron chi connectivity index (χ2n) is 7.47. The highest BCUT2D eigenvalue weighted by atomic mass is 19.1. The quantitative estimate of drug-likeness (QED) is 0.639. The molecule has 1 unspecified atom stereocenters. The molecule has 30 heavy (non-hydrogen) atoms. The number of carbonyl (C=O) groups excluding carboxylic acids is 1. The fourth-order valence-corrected chi connectivity index (χ4v) is 3.39. The lowest BCUT2D eigenvalue weighted by atomic mass is 10.0. The molecule has 3 rings (SSSR count). The largest absolute Gasteiger partial charge is 0.350 e. The standard InChI is InChI=1S/C23H26F2N4O/c1-5-15-6-8-16(9-7-15)21(28(2)3)13-26-23(30)19-14-29(4)27-22(19)18-11-10-17(24)12-20(18)25/h6-12,14,21H,5,13H2,1-4H3,(H,26,30). The maximum absolute atomic E-state index is 14.3. The highest BCUT2D eigenvalue weighted by Gasteiger charge is 2.22. The Labute approximate surface area is 175 Å². The molecule has 0 spiro atoms. The number of nitrogens with zero attached hydrogens (tertiary/aromatic N) is 3. The number of aryl methyl sites for hydroxylation is 2. The minimum Gasteiger partial charge on any atom is -0.350 e. The van der Waals surface area contributed by atoms with Crippen LogP contribution in [0.4, 0.5) is 8.78 Å². The molecule has 0 radical (unpaired) electrons. The summed E-state index contributed by atoms with van der Waals surface area (Å²) in [4.78, 5) is 14.9. The van der Waals surface area contributed by atoms with E-state index < -0.39 is 11.6 Å². The van der Waals surface area contributed by atoms with Gasteiger partial charge in [-0.05, 0) is 43.8 Å². The van der Waals surface area contributed by atoms with E-state index in [0.717, 1.165) is 24.1 Å². The van der Waals surface area contributed by atoms with Crippen molar-refractivity contribution in [3.63, 3.8) is 0 Å². The summed E-state index contributed by atoms with van der Waals surface area (Å²) in [7, 11) is 5.56. The van der Waals surface area contributed by atoms with Crippen molar-refractivity contribution in [2.45, 2.75) is 19.4 Å². The summed E-state index contributed by atoms with van der Waals surface area (Å²) in [6.07, 6.45) is 2.50. The maximum atomic E-state index is 14.3. The Kier molecular flexibility index (Phi) is 6.62. The van der Waals surface area contributed by atoms with E-state index in [4.69, 9.17) is 0 Å². The monoisotopic (exact) mass is 412 g/mol. The Morgan fingerprint density at radius 2 is 1.87 bits per heavy atom. The molecule has 3 aromatic rings. The third-order valence-corrected chi connectivity index (χ3v) is 5.11. The number of hydrogen-bond acceptors (Lipinski definition) is 3. The van der Waals surface area contributed by atoms with Crippen LogP contribution in [0.3, 0.4) is 0 Å². The van der Waals surface area contributed by atoms with E-state index in [2.05, 4.69) is 41.6 Å². The van der Waals surface area contributed by atoms with Gasteiger partial charge in [0.25, 0.3) is 5.91 Å². The summed E-state index contributed by atoms with van der Waals surface area (Å²) in [6, 6.07) is 11.5. The van der Waals surface area contributed by atoms with Crippen molar-refractivity contribution in [1.29, 1.82) is 0 Å². The number of carbonyl (C=O) groups is 1. The Balaban J connectivity index is 1.81. The first-order valence-corrected chi connectivity index (χ1v) is 9.82. The zero-order valence-electron chi connectivity index (χ0n) is 17.6. The van der Waals surface area contributed by atoms with E-state index in [1.165, 1.54) is 22.5 Å². The van der Waals surface area contributed by atoms with Crippen molar-refractivity contribution in [3.8, 4) is 11.3 Å². The molecule has 2 aromatic carbocycles. The lowest BCUT2D eigenvalue weighted by molar-refractivity contribution is 0.0942. The summed E-state index contributed by atoms with van der Waals surface area (Å²) < 4.78 is 29.0. The molecule has 1 heterocycles. The molecule has 0 saturated heterocycles.